The Bertz CT molecular complexity index is 186. The van der Waals surface area contributed by atoms with Crippen LogP contribution in [0.5, 0.6) is 0 Å². The van der Waals surface area contributed by atoms with Crippen LogP contribution in [0.15, 0.2) is 0 Å². The molecule has 1 rings (SSSR count). The summed E-state index contributed by atoms with van der Waals surface area (Å²) in [5.74, 6) is -0.653. The van der Waals surface area contributed by atoms with Crippen LogP contribution in [0.1, 0.15) is 20.3 Å². The van der Waals surface area contributed by atoms with E-state index >= 15 is 0 Å². The molecule has 2 N–H and O–H groups in total. The van der Waals surface area contributed by atoms with Crippen LogP contribution in [0.25, 0.3) is 0 Å². The van der Waals surface area contributed by atoms with Crippen LogP contribution in [0, 0.1) is 0 Å². The molecule has 1 fully saturated rings. The third-order valence-electron chi connectivity index (χ3n) is 2.21. The van der Waals surface area contributed by atoms with Gasteiger partial charge >= 0.3 is 0 Å². The molecule has 0 radical (unpaired) electrons. The van der Waals surface area contributed by atoms with Crippen molar-refractivity contribution in [3.05, 3.63) is 0 Å². The van der Waals surface area contributed by atoms with E-state index in [2.05, 4.69) is 15.9 Å². The van der Waals surface area contributed by atoms with Crippen LogP contribution in [0.4, 0.5) is 0 Å². The van der Waals surface area contributed by atoms with Crippen molar-refractivity contribution in [3.8, 4) is 0 Å². The SMILES string of the molecule is CC1(C)OC[C@H]([C@@H](O)[C@H](O)CCBr)O1. The predicted molar refractivity (Wildman–Crippen MR) is 55.3 cm³/mol. The average molecular weight is 269 g/mol. The van der Waals surface area contributed by atoms with Gasteiger partial charge in [0.2, 0.25) is 0 Å². The highest BCUT2D eigenvalue weighted by Gasteiger charge is 2.39. The van der Waals surface area contributed by atoms with Gasteiger partial charge in [0.1, 0.15) is 12.2 Å². The van der Waals surface area contributed by atoms with E-state index in [1.807, 2.05) is 0 Å². The van der Waals surface area contributed by atoms with Crippen molar-refractivity contribution in [2.75, 3.05) is 11.9 Å². The lowest BCUT2D eigenvalue weighted by atomic mass is 10.1. The maximum Gasteiger partial charge on any atom is 0.163 e. The van der Waals surface area contributed by atoms with Crippen LogP contribution in [0.2, 0.25) is 0 Å². The number of ether oxygens (including phenoxy) is 2. The highest BCUT2D eigenvalue weighted by atomic mass is 79.9. The monoisotopic (exact) mass is 268 g/mol. The summed E-state index contributed by atoms with van der Waals surface area (Å²) < 4.78 is 10.7. The van der Waals surface area contributed by atoms with Gasteiger partial charge in [-0.1, -0.05) is 15.9 Å². The molecule has 1 aliphatic heterocycles. The van der Waals surface area contributed by atoms with Crippen LogP contribution in [-0.4, -0.2) is 46.2 Å². The minimum absolute atomic E-state index is 0.327. The lowest BCUT2D eigenvalue weighted by Crippen LogP contribution is -2.40. The first-order valence-electron chi connectivity index (χ1n) is 4.70. The van der Waals surface area contributed by atoms with E-state index in [0.29, 0.717) is 18.4 Å². The summed E-state index contributed by atoms with van der Waals surface area (Å²) in [6, 6.07) is 0. The highest BCUT2D eigenvalue weighted by Crippen LogP contribution is 2.25. The summed E-state index contributed by atoms with van der Waals surface area (Å²) in [5, 5.41) is 19.9. The summed E-state index contributed by atoms with van der Waals surface area (Å²) in [6.07, 6.45) is -1.58. The molecule has 0 bridgehead atoms. The van der Waals surface area contributed by atoms with Gasteiger partial charge in [-0.2, -0.15) is 0 Å². The fourth-order valence-electron chi connectivity index (χ4n) is 1.41. The van der Waals surface area contributed by atoms with E-state index in [0.717, 1.165) is 0 Å². The Hall–Kier alpha value is 0.320. The van der Waals surface area contributed by atoms with Crippen molar-refractivity contribution < 1.29 is 19.7 Å². The van der Waals surface area contributed by atoms with Crippen molar-refractivity contribution in [1.82, 2.24) is 0 Å². The fraction of sp³-hybridized carbons (Fsp3) is 1.00. The van der Waals surface area contributed by atoms with Gasteiger partial charge in [-0.25, -0.2) is 0 Å². The number of aliphatic hydroxyl groups is 2. The van der Waals surface area contributed by atoms with E-state index in [1.165, 1.54) is 0 Å². The third kappa shape index (κ3) is 3.17. The second kappa shape index (κ2) is 4.90. The van der Waals surface area contributed by atoms with Gasteiger partial charge in [0.05, 0.1) is 12.7 Å². The van der Waals surface area contributed by atoms with Crippen molar-refractivity contribution in [2.45, 2.75) is 44.4 Å². The molecule has 1 aliphatic rings. The standard InChI is InChI=1S/C9H17BrO4/c1-9(2)13-5-7(14-9)8(12)6(11)3-4-10/h6-8,11-12H,3-5H2,1-2H3/t6-,7-,8+/m1/s1. The zero-order chi connectivity index (χ0) is 10.8. The van der Waals surface area contributed by atoms with Gasteiger partial charge in [0.25, 0.3) is 0 Å². The first-order valence-corrected chi connectivity index (χ1v) is 5.82. The normalized spacial score (nSPS) is 30.2. The van der Waals surface area contributed by atoms with Crippen LogP contribution in [0.3, 0.4) is 0 Å². The zero-order valence-electron chi connectivity index (χ0n) is 8.44. The Balaban J connectivity index is 2.42. The first-order chi connectivity index (χ1) is 6.46. The van der Waals surface area contributed by atoms with Crippen molar-refractivity contribution in [1.29, 1.82) is 0 Å². The lowest BCUT2D eigenvalue weighted by Gasteiger charge is -2.23. The van der Waals surface area contributed by atoms with E-state index in [4.69, 9.17) is 9.47 Å². The number of hydrogen-bond donors (Lipinski definition) is 2. The van der Waals surface area contributed by atoms with Crippen molar-refractivity contribution in [3.63, 3.8) is 0 Å². The molecule has 14 heavy (non-hydrogen) atoms. The van der Waals surface area contributed by atoms with Gasteiger partial charge in [0, 0.05) is 5.33 Å². The van der Waals surface area contributed by atoms with Gasteiger partial charge in [-0.3, -0.25) is 0 Å². The number of hydrogen-bond acceptors (Lipinski definition) is 4. The highest BCUT2D eigenvalue weighted by molar-refractivity contribution is 9.09. The molecule has 4 nitrogen and oxygen atoms in total. The Morgan fingerprint density at radius 1 is 1.50 bits per heavy atom. The second-order valence-corrected chi connectivity index (χ2v) is 4.70. The molecule has 5 heteroatoms. The maximum absolute atomic E-state index is 9.70. The molecule has 0 aromatic carbocycles. The number of rotatable bonds is 4. The summed E-state index contributed by atoms with van der Waals surface area (Å²) in [6.45, 7) is 3.90. The van der Waals surface area contributed by atoms with Gasteiger partial charge < -0.3 is 19.7 Å². The third-order valence-corrected chi connectivity index (χ3v) is 2.67. The maximum atomic E-state index is 9.70. The Morgan fingerprint density at radius 2 is 2.14 bits per heavy atom. The molecule has 3 atom stereocenters. The van der Waals surface area contributed by atoms with Crippen LogP contribution >= 0.6 is 15.9 Å². The molecule has 0 spiro atoms. The fourth-order valence-corrected chi connectivity index (χ4v) is 1.88. The van der Waals surface area contributed by atoms with Gasteiger partial charge in [-0.15, -0.1) is 0 Å². The predicted octanol–water partition coefficient (Wildman–Crippen LogP) is 0.645. The van der Waals surface area contributed by atoms with Crippen LogP contribution < -0.4 is 0 Å². The molecule has 0 aromatic rings. The summed E-state index contributed by atoms with van der Waals surface area (Å²) in [4.78, 5) is 0. The molecule has 84 valence electrons. The molecular formula is C9H17BrO4. The molecule has 0 aromatic heterocycles. The average Bonchev–Trinajstić information content (AvgIpc) is 2.45. The van der Waals surface area contributed by atoms with E-state index in [-0.39, 0.29) is 0 Å². The quantitative estimate of drug-likeness (QED) is 0.735. The van der Waals surface area contributed by atoms with E-state index in [9.17, 15) is 10.2 Å². The van der Waals surface area contributed by atoms with Crippen molar-refractivity contribution in [2.24, 2.45) is 0 Å². The summed E-state index contributed by atoms with van der Waals surface area (Å²) in [5.41, 5.74) is 0. The number of halogens is 1. The minimum Gasteiger partial charge on any atom is -0.390 e. The van der Waals surface area contributed by atoms with Gasteiger partial charge in [0.15, 0.2) is 5.79 Å². The summed E-state index contributed by atoms with van der Waals surface area (Å²) >= 11 is 3.21. The molecule has 0 unspecified atom stereocenters. The smallest absolute Gasteiger partial charge is 0.163 e. The lowest BCUT2D eigenvalue weighted by molar-refractivity contribution is -0.160. The Kier molecular flexibility index (Phi) is 4.33. The first kappa shape index (κ1) is 12.4. The Morgan fingerprint density at radius 3 is 2.57 bits per heavy atom. The van der Waals surface area contributed by atoms with Gasteiger partial charge in [-0.05, 0) is 20.3 Å². The molecule has 0 aliphatic carbocycles. The number of aliphatic hydroxyl groups excluding tert-OH is 2. The topological polar surface area (TPSA) is 58.9 Å². The largest absolute Gasteiger partial charge is 0.390 e. The minimum atomic E-state index is -0.880. The molecule has 0 saturated carbocycles. The molecular weight excluding hydrogens is 252 g/mol. The molecule has 0 amide bonds. The molecule has 1 heterocycles. The second-order valence-electron chi connectivity index (χ2n) is 3.90. The molecule has 1 saturated heterocycles. The van der Waals surface area contributed by atoms with E-state index < -0.39 is 24.1 Å². The summed E-state index contributed by atoms with van der Waals surface area (Å²) in [7, 11) is 0. The van der Waals surface area contributed by atoms with E-state index in [1.54, 1.807) is 13.8 Å². The number of alkyl halides is 1. The zero-order valence-corrected chi connectivity index (χ0v) is 10.0. The van der Waals surface area contributed by atoms with Crippen LogP contribution in [-0.2, 0) is 9.47 Å². The Labute approximate surface area is 92.3 Å². The van der Waals surface area contributed by atoms with Crippen molar-refractivity contribution >= 4 is 15.9 Å².